The molecule has 0 bridgehead atoms. The summed E-state index contributed by atoms with van der Waals surface area (Å²) < 4.78 is 37.4. The second-order valence-electron chi connectivity index (χ2n) is 5.50. The van der Waals surface area contributed by atoms with Gasteiger partial charge in [0.1, 0.15) is 0 Å². The van der Waals surface area contributed by atoms with Gasteiger partial charge < -0.3 is 10.4 Å². The number of hydrogen-bond acceptors (Lipinski definition) is 4. The Morgan fingerprint density at radius 1 is 1.21 bits per heavy atom. The molecule has 1 aromatic rings. The third kappa shape index (κ3) is 4.03. The molecule has 6 nitrogen and oxygen atoms in total. The normalized spacial score (nSPS) is 16.6. The van der Waals surface area contributed by atoms with Crippen LogP contribution < -0.4 is 5.32 Å². The highest BCUT2D eigenvalue weighted by atomic mass is 19.4. The van der Waals surface area contributed by atoms with Crippen LogP contribution >= 0.6 is 0 Å². The molecule has 0 spiro atoms. The number of nitro groups is 1. The number of hydrogen-bond donors (Lipinski definition) is 2. The molecular weight excluding hydrogens is 329 g/mol. The van der Waals surface area contributed by atoms with Gasteiger partial charge >= 0.3 is 17.8 Å². The lowest BCUT2D eigenvalue weighted by molar-refractivity contribution is -0.422. The van der Waals surface area contributed by atoms with E-state index in [-0.39, 0.29) is 5.69 Å². The fourth-order valence-corrected chi connectivity index (χ4v) is 2.62. The maximum Gasteiger partial charge on any atom is 0.416 e. The number of rotatable bonds is 4. The van der Waals surface area contributed by atoms with Crippen LogP contribution in [0.1, 0.15) is 31.2 Å². The lowest BCUT2D eigenvalue weighted by Gasteiger charge is -2.10. The lowest BCUT2D eigenvalue weighted by atomic mass is 10.0. The summed E-state index contributed by atoms with van der Waals surface area (Å²) in [6, 6.07) is 3.49. The number of carbonyl (C=O) groups is 1. The van der Waals surface area contributed by atoms with Crippen LogP contribution in [-0.2, 0) is 11.0 Å². The van der Waals surface area contributed by atoms with Gasteiger partial charge in [-0.15, -0.1) is 0 Å². The Morgan fingerprint density at radius 2 is 1.75 bits per heavy atom. The van der Waals surface area contributed by atoms with E-state index in [9.17, 15) is 33.2 Å². The van der Waals surface area contributed by atoms with E-state index in [1.54, 1.807) is 0 Å². The van der Waals surface area contributed by atoms with Crippen molar-refractivity contribution in [2.24, 2.45) is 5.92 Å². The van der Waals surface area contributed by atoms with Gasteiger partial charge in [-0.1, -0.05) is 12.8 Å². The number of nitrogens with zero attached hydrogens (tertiary/aromatic N) is 1. The minimum atomic E-state index is -4.52. The summed E-state index contributed by atoms with van der Waals surface area (Å²) in [4.78, 5) is 22.2. The Labute approximate surface area is 135 Å². The van der Waals surface area contributed by atoms with Crippen molar-refractivity contribution in [2.75, 3.05) is 5.32 Å². The van der Waals surface area contributed by atoms with Crippen molar-refractivity contribution < 1.29 is 28.0 Å². The van der Waals surface area contributed by atoms with Gasteiger partial charge in [-0.3, -0.25) is 14.9 Å². The molecule has 2 N–H and O–H groups in total. The van der Waals surface area contributed by atoms with Crippen molar-refractivity contribution in [2.45, 2.75) is 31.9 Å². The predicted octanol–water partition coefficient (Wildman–Crippen LogP) is 3.88. The smallest absolute Gasteiger partial charge is 0.416 e. The molecule has 1 saturated carbocycles. The second kappa shape index (κ2) is 6.90. The zero-order valence-corrected chi connectivity index (χ0v) is 12.5. The van der Waals surface area contributed by atoms with Crippen molar-refractivity contribution in [1.82, 2.24) is 0 Å². The van der Waals surface area contributed by atoms with Crippen LogP contribution in [0.25, 0.3) is 0 Å². The molecule has 1 aromatic carbocycles. The molecular formula is C15H15F3N2O4. The fourth-order valence-electron chi connectivity index (χ4n) is 2.62. The molecule has 9 heteroatoms. The number of amides is 1. The number of benzene rings is 1. The molecule has 1 aliphatic rings. The Bertz CT molecular complexity index is 662. The minimum absolute atomic E-state index is 0.0356. The van der Waals surface area contributed by atoms with Gasteiger partial charge in [0, 0.05) is 11.6 Å². The summed E-state index contributed by atoms with van der Waals surface area (Å²) in [7, 11) is 0. The highest BCUT2D eigenvalue weighted by Crippen LogP contribution is 2.32. The van der Waals surface area contributed by atoms with Gasteiger partial charge in [0.2, 0.25) is 0 Å². The maximum atomic E-state index is 12.5. The van der Waals surface area contributed by atoms with Crippen molar-refractivity contribution in [3.8, 4) is 0 Å². The average molecular weight is 344 g/mol. The molecule has 2 rings (SSSR count). The maximum absolute atomic E-state index is 12.5. The molecule has 130 valence electrons. The zero-order chi connectivity index (χ0) is 17.9. The van der Waals surface area contributed by atoms with E-state index < -0.39 is 39.9 Å². The van der Waals surface area contributed by atoms with Crippen molar-refractivity contribution in [1.29, 1.82) is 0 Å². The lowest BCUT2D eigenvalue weighted by Crippen LogP contribution is -2.23. The SMILES string of the molecule is O=C(Nc1ccc(C(F)(F)F)cc1)/C(=C(\O)C1CCCC1)[N+](=O)[O-]. The fraction of sp³-hybridized carbons (Fsp3) is 0.400. The molecule has 1 aliphatic carbocycles. The van der Waals surface area contributed by atoms with Gasteiger partial charge in [-0.2, -0.15) is 13.2 Å². The largest absolute Gasteiger partial charge is 0.505 e. The van der Waals surface area contributed by atoms with E-state index in [2.05, 4.69) is 5.32 Å². The van der Waals surface area contributed by atoms with Crippen LogP contribution in [-0.4, -0.2) is 15.9 Å². The first kappa shape index (κ1) is 17.8. The number of carbonyl (C=O) groups excluding carboxylic acids is 1. The van der Waals surface area contributed by atoms with Gasteiger partial charge in [-0.25, -0.2) is 0 Å². The number of aliphatic hydroxyl groups excluding tert-OH is 1. The van der Waals surface area contributed by atoms with Crippen LogP contribution in [0.4, 0.5) is 18.9 Å². The molecule has 0 aliphatic heterocycles. The monoisotopic (exact) mass is 344 g/mol. The predicted molar refractivity (Wildman–Crippen MR) is 78.7 cm³/mol. The Balaban J connectivity index is 2.19. The third-order valence-corrected chi connectivity index (χ3v) is 3.85. The minimum Gasteiger partial charge on any atom is -0.505 e. The molecule has 0 aromatic heterocycles. The molecule has 0 radical (unpaired) electrons. The number of allylic oxidation sites excluding steroid dienone is 1. The Morgan fingerprint density at radius 3 is 2.21 bits per heavy atom. The third-order valence-electron chi connectivity index (χ3n) is 3.85. The van der Waals surface area contributed by atoms with E-state index in [1.165, 1.54) is 0 Å². The van der Waals surface area contributed by atoms with Crippen molar-refractivity contribution in [3.63, 3.8) is 0 Å². The summed E-state index contributed by atoms with van der Waals surface area (Å²) in [5.74, 6) is -2.19. The molecule has 24 heavy (non-hydrogen) atoms. The Kier molecular flexibility index (Phi) is 5.10. The first-order valence-corrected chi connectivity index (χ1v) is 7.26. The van der Waals surface area contributed by atoms with Gasteiger partial charge in [0.15, 0.2) is 5.76 Å². The number of halogens is 3. The highest BCUT2D eigenvalue weighted by Gasteiger charge is 2.34. The van der Waals surface area contributed by atoms with Crippen molar-refractivity contribution >= 4 is 11.6 Å². The first-order chi connectivity index (χ1) is 11.2. The number of aliphatic hydroxyl groups is 1. The average Bonchev–Trinajstić information content (AvgIpc) is 3.00. The van der Waals surface area contributed by atoms with Gasteiger partial charge in [0.25, 0.3) is 0 Å². The van der Waals surface area contributed by atoms with E-state index in [4.69, 9.17) is 0 Å². The summed E-state index contributed by atoms with van der Waals surface area (Å²) in [5, 5.41) is 23.2. The molecule has 0 saturated heterocycles. The quantitative estimate of drug-likeness (QED) is 0.375. The van der Waals surface area contributed by atoms with Crippen LogP contribution in [0.5, 0.6) is 0 Å². The second-order valence-corrected chi connectivity index (χ2v) is 5.50. The van der Waals surface area contributed by atoms with Crippen molar-refractivity contribution in [3.05, 3.63) is 51.4 Å². The zero-order valence-electron chi connectivity index (χ0n) is 12.5. The Hall–Kier alpha value is -2.58. The standard InChI is InChI=1S/C15H15F3N2O4/c16-15(17,18)10-5-7-11(8-6-10)19-14(22)12(20(23)24)13(21)9-3-1-2-4-9/h5-9,21H,1-4H2,(H,19,22)/b13-12+. The number of alkyl halides is 3. The molecule has 1 amide bonds. The topological polar surface area (TPSA) is 92.5 Å². The summed E-state index contributed by atoms with van der Waals surface area (Å²) in [6.07, 6.45) is -1.80. The van der Waals surface area contributed by atoms with E-state index >= 15 is 0 Å². The molecule has 1 fully saturated rings. The summed E-state index contributed by atoms with van der Waals surface area (Å²) in [6.45, 7) is 0. The van der Waals surface area contributed by atoms with E-state index in [0.717, 1.165) is 37.1 Å². The van der Waals surface area contributed by atoms with Crippen LogP contribution in [0.15, 0.2) is 35.7 Å². The highest BCUT2D eigenvalue weighted by molar-refractivity contribution is 6.02. The first-order valence-electron chi connectivity index (χ1n) is 7.26. The van der Waals surface area contributed by atoms with E-state index in [1.807, 2.05) is 0 Å². The molecule has 0 atom stereocenters. The van der Waals surface area contributed by atoms with Crippen LogP contribution in [0.2, 0.25) is 0 Å². The van der Waals surface area contributed by atoms with Crippen LogP contribution in [0.3, 0.4) is 0 Å². The molecule has 0 heterocycles. The summed E-state index contributed by atoms with van der Waals surface area (Å²) >= 11 is 0. The van der Waals surface area contributed by atoms with Crippen LogP contribution in [0, 0.1) is 16.0 Å². The number of anilines is 1. The molecule has 0 unspecified atom stereocenters. The summed E-state index contributed by atoms with van der Waals surface area (Å²) in [5.41, 5.74) is -1.91. The van der Waals surface area contributed by atoms with Gasteiger partial charge in [-0.05, 0) is 37.1 Å². The van der Waals surface area contributed by atoms with Gasteiger partial charge in [0.05, 0.1) is 10.5 Å². The van der Waals surface area contributed by atoms with E-state index in [0.29, 0.717) is 12.8 Å². The number of nitrogens with one attached hydrogen (secondary N) is 1.